The van der Waals surface area contributed by atoms with Crippen LogP contribution in [0.3, 0.4) is 0 Å². The fraction of sp³-hybridized carbons (Fsp3) is 0.360. The Balaban J connectivity index is 1.50. The average molecular weight is 402 g/mol. The van der Waals surface area contributed by atoms with E-state index < -0.39 is 0 Å². The molecule has 5 heteroatoms. The number of rotatable bonds is 7. The van der Waals surface area contributed by atoms with Crippen LogP contribution in [0.25, 0.3) is 11.3 Å². The second kappa shape index (κ2) is 9.83. The molecule has 2 N–H and O–H groups in total. The first-order valence-corrected chi connectivity index (χ1v) is 11.0. The largest absolute Gasteiger partial charge is 0.299 e. The van der Waals surface area contributed by atoms with Crippen molar-refractivity contribution in [1.29, 1.82) is 0 Å². The van der Waals surface area contributed by atoms with Crippen molar-refractivity contribution in [2.24, 2.45) is 5.84 Å². The van der Waals surface area contributed by atoms with Gasteiger partial charge in [0.1, 0.15) is 0 Å². The summed E-state index contributed by atoms with van der Waals surface area (Å²) in [6.45, 7) is 5.58. The van der Waals surface area contributed by atoms with Crippen molar-refractivity contribution in [3.63, 3.8) is 0 Å². The molecule has 1 saturated heterocycles. The van der Waals surface area contributed by atoms with Gasteiger partial charge in [-0.2, -0.15) is 0 Å². The van der Waals surface area contributed by atoms with Gasteiger partial charge in [-0.3, -0.25) is 14.9 Å². The maximum absolute atomic E-state index is 6.48. The molecule has 5 nitrogen and oxygen atoms in total. The minimum atomic E-state index is 0.0580. The molecule has 1 unspecified atom stereocenters. The number of benzene rings is 2. The van der Waals surface area contributed by atoms with Crippen LogP contribution in [-0.2, 0) is 6.54 Å². The van der Waals surface area contributed by atoms with Gasteiger partial charge in [-0.25, -0.2) is 10.8 Å². The summed E-state index contributed by atoms with van der Waals surface area (Å²) in [5, 5.41) is 1.73. The summed E-state index contributed by atoms with van der Waals surface area (Å²) in [4.78, 5) is 11.8. The summed E-state index contributed by atoms with van der Waals surface area (Å²) in [5.74, 6) is 7.16. The molecule has 0 radical (unpaired) electrons. The topological polar surface area (TPSA) is 58.3 Å². The second-order valence-corrected chi connectivity index (χ2v) is 8.04. The van der Waals surface area contributed by atoms with E-state index in [1.54, 1.807) is 17.4 Å². The molecule has 0 aliphatic carbocycles. The number of nitrogens with two attached hydrogens (primary N) is 1. The van der Waals surface area contributed by atoms with Gasteiger partial charge in [0, 0.05) is 12.1 Å². The third kappa shape index (κ3) is 4.86. The lowest BCUT2D eigenvalue weighted by Gasteiger charge is -2.28. The van der Waals surface area contributed by atoms with Crippen LogP contribution in [0, 0.1) is 0 Å². The molecule has 0 bridgehead atoms. The zero-order valence-electron chi connectivity index (χ0n) is 17.7. The lowest BCUT2D eigenvalue weighted by atomic mass is 10.0. The number of hydrogen-bond acceptors (Lipinski definition) is 5. The number of aromatic nitrogens is 2. The molecule has 0 spiro atoms. The minimum absolute atomic E-state index is 0.0580. The fourth-order valence-corrected chi connectivity index (χ4v) is 4.20. The maximum atomic E-state index is 6.48. The highest BCUT2D eigenvalue weighted by molar-refractivity contribution is 5.60. The molecule has 156 valence electrons. The van der Waals surface area contributed by atoms with Crippen molar-refractivity contribution in [2.75, 3.05) is 18.1 Å². The first-order valence-electron chi connectivity index (χ1n) is 11.0. The first kappa shape index (κ1) is 20.5. The highest BCUT2D eigenvalue weighted by Gasteiger charge is 2.18. The lowest BCUT2D eigenvalue weighted by Crippen LogP contribution is -2.35. The van der Waals surface area contributed by atoms with E-state index in [1.807, 2.05) is 18.2 Å². The highest BCUT2D eigenvalue weighted by Crippen LogP contribution is 2.27. The first-order chi connectivity index (χ1) is 14.7. The fourth-order valence-electron chi connectivity index (χ4n) is 4.20. The predicted octanol–water partition coefficient (Wildman–Crippen LogP) is 4.96. The molecule has 2 heterocycles. The van der Waals surface area contributed by atoms with Gasteiger partial charge in [-0.05, 0) is 43.5 Å². The minimum Gasteiger partial charge on any atom is -0.299 e. The van der Waals surface area contributed by atoms with Crippen LogP contribution in [0.2, 0.25) is 0 Å². The molecule has 0 saturated carbocycles. The Bertz CT molecular complexity index is 920. The Morgan fingerprint density at radius 3 is 2.40 bits per heavy atom. The number of hydrogen-bond donors (Lipinski definition) is 1. The van der Waals surface area contributed by atoms with E-state index in [1.165, 1.54) is 43.5 Å². The molecule has 1 aliphatic rings. The Hall–Kier alpha value is -2.76. The standard InChI is InChI=1S/C25H31N5/c1-2-24(22-9-5-3-6-10-22)30(26)25-18-27-17-23(28-25)21-13-11-20(12-14-21)19-29-15-7-4-8-16-29/h3,5-6,9-14,17-18,24H,2,4,7-8,15-16,19,26H2,1H3. The quantitative estimate of drug-likeness (QED) is 0.448. The van der Waals surface area contributed by atoms with E-state index in [4.69, 9.17) is 10.8 Å². The summed E-state index contributed by atoms with van der Waals surface area (Å²) in [7, 11) is 0. The zero-order valence-corrected chi connectivity index (χ0v) is 17.7. The number of hydrazine groups is 1. The third-order valence-corrected chi connectivity index (χ3v) is 5.90. The van der Waals surface area contributed by atoms with Gasteiger partial charge in [-0.15, -0.1) is 0 Å². The summed E-state index contributed by atoms with van der Waals surface area (Å²) in [5.41, 5.74) is 4.43. The maximum Gasteiger partial charge on any atom is 0.162 e. The van der Waals surface area contributed by atoms with Crippen LogP contribution in [0.1, 0.15) is 49.8 Å². The van der Waals surface area contributed by atoms with Crippen molar-refractivity contribution in [3.05, 3.63) is 78.1 Å². The van der Waals surface area contributed by atoms with Gasteiger partial charge in [0.05, 0.1) is 24.1 Å². The SMILES string of the molecule is CCC(c1ccccc1)N(N)c1cncc(-c2ccc(CN3CCCCC3)cc2)n1. The van der Waals surface area contributed by atoms with E-state index in [0.717, 1.165) is 24.2 Å². The summed E-state index contributed by atoms with van der Waals surface area (Å²) >= 11 is 0. The number of piperidine rings is 1. The van der Waals surface area contributed by atoms with Gasteiger partial charge in [0.25, 0.3) is 0 Å². The molecule has 0 amide bonds. The van der Waals surface area contributed by atoms with E-state index in [0.29, 0.717) is 5.82 Å². The molecule has 3 aromatic rings. The van der Waals surface area contributed by atoms with Crippen LogP contribution in [0.4, 0.5) is 5.82 Å². The van der Waals surface area contributed by atoms with Gasteiger partial charge in [0.15, 0.2) is 5.82 Å². The van der Waals surface area contributed by atoms with Crippen LogP contribution < -0.4 is 10.9 Å². The molecule has 4 rings (SSSR count). The second-order valence-electron chi connectivity index (χ2n) is 8.04. The molecular weight excluding hydrogens is 370 g/mol. The monoisotopic (exact) mass is 401 g/mol. The van der Waals surface area contributed by atoms with Crippen LogP contribution in [0.15, 0.2) is 67.0 Å². The summed E-state index contributed by atoms with van der Waals surface area (Å²) in [6.07, 6.45) is 8.43. The van der Waals surface area contributed by atoms with Crippen LogP contribution in [0.5, 0.6) is 0 Å². The zero-order chi connectivity index (χ0) is 20.8. The highest BCUT2D eigenvalue weighted by atomic mass is 15.4. The van der Waals surface area contributed by atoms with Gasteiger partial charge < -0.3 is 0 Å². The van der Waals surface area contributed by atoms with Gasteiger partial charge in [-0.1, -0.05) is 67.9 Å². The lowest BCUT2D eigenvalue weighted by molar-refractivity contribution is 0.221. The smallest absolute Gasteiger partial charge is 0.162 e. The van der Waals surface area contributed by atoms with Crippen molar-refractivity contribution in [2.45, 2.75) is 45.2 Å². The normalized spacial score (nSPS) is 15.7. The molecule has 1 fully saturated rings. The van der Waals surface area contributed by atoms with Crippen molar-refractivity contribution >= 4 is 5.82 Å². The third-order valence-electron chi connectivity index (χ3n) is 5.90. The molecule has 1 aromatic heterocycles. The summed E-state index contributed by atoms with van der Waals surface area (Å²) < 4.78 is 0. The van der Waals surface area contributed by atoms with Crippen LogP contribution in [-0.4, -0.2) is 28.0 Å². The Morgan fingerprint density at radius 2 is 1.70 bits per heavy atom. The summed E-state index contributed by atoms with van der Waals surface area (Å²) in [6, 6.07) is 19.1. The Labute approximate surface area is 179 Å². The van der Waals surface area contributed by atoms with E-state index >= 15 is 0 Å². The predicted molar refractivity (Wildman–Crippen MR) is 123 cm³/mol. The molecule has 1 atom stereocenters. The molecule has 30 heavy (non-hydrogen) atoms. The van der Waals surface area contributed by atoms with E-state index in [-0.39, 0.29) is 6.04 Å². The van der Waals surface area contributed by atoms with Crippen LogP contribution >= 0.6 is 0 Å². The van der Waals surface area contributed by atoms with Crippen molar-refractivity contribution < 1.29 is 0 Å². The van der Waals surface area contributed by atoms with E-state index in [9.17, 15) is 0 Å². The van der Waals surface area contributed by atoms with Gasteiger partial charge >= 0.3 is 0 Å². The van der Waals surface area contributed by atoms with Crippen molar-refractivity contribution in [1.82, 2.24) is 14.9 Å². The molecular formula is C25H31N5. The van der Waals surface area contributed by atoms with Crippen molar-refractivity contribution in [3.8, 4) is 11.3 Å². The average Bonchev–Trinajstić information content (AvgIpc) is 2.81. The number of anilines is 1. The molecule has 1 aliphatic heterocycles. The number of nitrogens with zero attached hydrogens (tertiary/aromatic N) is 4. The number of likely N-dealkylation sites (tertiary alicyclic amines) is 1. The van der Waals surface area contributed by atoms with Gasteiger partial charge in [0.2, 0.25) is 0 Å². The Kier molecular flexibility index (Phi) is 6.72. The Morgan fingerprint density at radius 1 is 0.967 bits per heavy atom. The molecule has 2 aromatic carbocycles. The van der Waals surface area contributed by atoms with E-state index in [2.05, 4.69) is 53.2 Å².